The van der Waals surface area contributed by atoms with E-state index in [1.165, 1.54) is 0 Å². The molecule has 6 nitrogen and oxygen atoms in total. The van der Waals surface area contributed by atoms with Crippen LogP contribution in [0.1, 0.15) is 16.7 Å². The van der Waals surface area contributed by atoms with E-state index in [1.807, 2.05) is 18.2 Å². The number of para-hydroxylation sites is 1. The van der Waals surface area contributed by atoms with Crippen molar-refractivity contribution in [3.8, 4) is 23.0 Å². The third-order valence-electron chi connectivity index (χ3n) is 4.47. The Labute approximate surface area is 201 Å². The zero-order valence-electron chi connectivity index (χ0n) is 15.7. The lowest BCUT2D eigenvalue weighted by Gasteiger charge is -2.15. The molecule has 0 radical (unpaired) electrons. The summed E-state index contributed by atoms with van der Waals surface area (Å²) in [5.74, 6) is 0.434. The lowest BCUT2D eigenvalue weighted by molar-refractivity contribution is -0.138. The fourth-order valence-corrected chi connectivity index (χ4v) is 5.04. The van der Waals surface area contributed by atoms with Gasteiger partial charge in [0.05, 0.1) is 7.14 Å². The second-order valence-corrected chi connectivity index (χ2v) is 9.06. The summed E-state index contributed by atoms with van der Waals surface area (Å²) in [6, 6.07) is 14.7. The first-order valence-electron chi connectivity index (χ1n) is 8.97. The third kappa shape index (κ3) is 5.55. The summed E-state index contributed by atoms with van der Waals surface area (Å²) in [7, 11) is 0. The van der Waals surface area contributed by atoms with Crippen LogP contribution in [0.2, 0.25) is 0 Å². The van der Waals surface area contributed by atoms with Crippen molar-refractivity contribution in [3.05, 3.63) is 78.4 Å². The topological polar surface area (TPSA) is 113 Å². The van der Waals surface area contributed by atoms with Crippen LogP contribution in [0.4, 0.5) is 0 Å². The number of phenolic OH excluding ortho intramolecular Hbond substituents is 2. The maximum absolute atomic E-state index is 11.0. The van der Waals surface area contributed by atoms with Crippen LogP contribution in [0, 0.1) is 7.14 Å². The van der Waals surface area contributed by atoms with E-state index in [4.69, 9.17) is 15.6 Å². The van der Waals surface area contributed by atoms with Gasteiger partial charge in [0.25, 0.3) is 0 Å². The largest absolute Gasteiger partial charge is 0.508 e. The molecule has 3 aromatic rings. The summed E-state index contributed by atoms with van der Waals surface area (Å²) in [4.78, 5) is 11.0. The van der Waals surface area contributed by atoms with E-state index >= 15 is 0 Å². The van der Waals surface area contributed by atoms with Gasteiger partial charge in [-0.2, -0.15) is 0 Å². The van der Waals surface area contributed by atoms with Gasteiger partial charge in [0, 0.05) is 12.0 Å². The van der Waals surface area contributed by atoms with E-state index in [1.54, 1.807) is 36.4 Å². The Bertz CT molecular complexity index is 1060. The molecule has 30 heavy (non-hydrogen) atoms. The van der Waals surface area contributed by atoms with Crippen LogP contribution in [0.5, 0.6) is 23.0 Å². The zero-order chi connectivity index (χ0) is 21.8. The fraction of sp³-hybridized carbons (Fsp3) is 0.136. The fourth-order valence-electron chi connectivity index (χ4n) is 2.92. The number of halogens is 2. The molecule has 5 N–H and O–H groups in total. The Balaban J connectivity index is 1.84. The average Bonchev–Trinajstić information content (AvgIpc) is 2.68. The van der Waals surface area contributed by atoms with Gasteiger partial charge >= 0.3 is 5.97 Å². The highest BCUT2D eigenvalue weighted by Crippen LogP contribution is 2.35. The molecule has 0 spiro atoms. The average molecular weight is 631 g/mol. The van der Waals surface area contributed by atoms with Gasteiger partial charge in [0.1, 0.15) is 23.3 Å². The van der Waals surface area contributed by atoms with Crippen molar-refractivity contribution in [3.63, 3.8) is 0 Å². The Morgan fingerprint density at radius 3 is 2.23 bits per heavy atom. The second kappa shape index (κ2) is 9.84. The van der Waals surface area contributed by atoms with Gasteiger partial charge in [-0.1, -0.05) is 18.2 Å². The maximum atomic E-state index is 11.0. The summed E-state index contributed by atoms with van der Waals surface area (Å²) in [5.41, 5.74) is 7.78. The Hall–Kier alpha value is -2.05. The number of aromatic hydroxyl groups is 2. The van der Waals surface area contributed by atoms with Crippen LogP contribution in [0.15, 0.2) is 54.6 Å². The summed E-state index contributed by atoms with van der Waals surface area (Å²) in [6.07, 6.45) is 0.585. The predicted molar refractivity (Wildman–Crippen MR) is 130 cm³/mol. The molecule has 1 atom stereocenters. The lowest BCUT2D eigenvalue weighted by atomic mass is 10.0. The number of hydrogen-bond donors (Lipinski definition) is 4. The minimum Gasteiger partial charge on any atom is -0.508 e. The molecule has 0 aliphatic rings. The van der Waals surface area contributed by atoms with E-state index in [0.717, 1.165) is 12.7 Å². The molecule has 0 fully saturated rings. The maximum Gasteiger partial charge on any atom is 0.320 e. The Kier molecular flexibility index (Phi) is 7.42. The summed E-state index contributed by atoms with van der Waals surface area (Å²) >= 11 is 4.28. The molecule has 0 heterocycles. The molecule has 0 aliphatic carbocycles. The number of benzene rings is 3. The van der Waals surface area contributed by atoms with Crippen molar-refractivity contribution in [2.75, 3.05) is 0 Å². The number of nitrogens with two attached hydrogens (primary N) is 1. The van der Waals surface area contributed by atoms with Crippen molar-refractivity contribution >= 4 is 51.2 Å². The van der Waals surface area contributed by atoms with Gasteiger partial charge in [-0.25, -0.2) is 0 Å². The molecule has 0 amide bonds. The summed E-state index contributed by atoms with van der Waals surface area (Å²) in [6.45, 7) is 0. The summed E-state index contributed by atoms with van der Waals surface area (Å²) in [5, 5.41) is 29.2. The van der Waals surface area contributed by atoms with Gasteiger partial charge in [-0.15, -0.1) is 0 Å². The minimum atomic E-state index is -1.04. The van der Waals surface area contributed by atoms with Gasteiger partial charge in [-0.3, -0.25) is 4.79 Å². The number of carboxylic acid groups (broad SMARTS) is 1. The van der Waals surface area contributed by atoms with E-state index in [-0.39, 0.29) is 17.9 Å². The molecule has 0 bridgehead atoms. The monoisotopic (exact) mass is 631 g/mol. The number of carbonyl (C=O) groups is 1. The molecule has 0 aromatic heterocycles. The van der Waals surface area contributed by atoms with E-state index in [0.29, 0.717) is 29.0 Å². The van der Waals surface area contributed by atoms with Gasteiger partial charge in [-0.05, 0) is 99.1 Å². The van der Waals surface area contributed by atoms with Crippen molar-refractivity contribution in [2.24, 2.45) is 5.73 Å². The predicted octanol–water partition coefficient (Wildman–Crippen LogP) is 4.64. The SMILES string of the molecule is N[C@H](Cc1cc(I)c(Oc2ccc(O)c(Cc3ccccc3O)c2)c(I)c1)C(=O)O. The Morgan fingerprint density at radius 1 is 0.967 bits per heavy atom. The number of rotatable bonds is 7. The highest BCUT2D eigenvalue weighted by molar-refractivity contribution is 14.1. The number of aliphatic carboxylic acids is 1. The number of hydrogen-bond acceptors (Lipinski definition) is 5. The van der Waals surface area contributed by atoms with Crippen LogP contribution in [0.25, 0.3) is 0 Å². The first kappa shape index (κ1) is 22.6. The molecular formula is C22H19I2NO5. The van der Waals surface area contributed by atoms with E-state index in [9.17, 15) is 15.0 Å². The van der Waals surface area contributed by atoms with Crippen LogP contribution in [0.3, 0.4) is 0 Å². The minimum absolute atomic E-state index is 0.119. The third-order valence-corrected chi connectivity index (χ3v) is 6.08. The highest BCUT2D eigenvalue weighted by Gasteiger charge is 2.16. The van der Waals surface area contributed by atoms with Crippen molar-refractivity contribution < 1.29 is 24.9 Å². The first-order valence-corrected chi connectivity index (χ1v) is 11.1. The molecule has 8 heteroatoms. The molecule has 156 valence electrons. The second-order valence-electron chi connectivity index (χ2n) is 6.74. The van der Waals surface area contributed by atoms with Gasteiger partial charge < -0.3 is 25.8 Å². The van der Waals surface area contributed by atoms with Crippen molar-refractivity contribution in [1.82, 2.24) is 0 Å². The van der Waals surface area contributed by atoms with Crippen LogP contribution in [-0.4, -0.2) is 27.3 Å². The highest BCUT2D eigenvalue weighted by atomic mass is 127. The first-order chi connectivity index (χ1) is 14.2. The zero-order valence-corrected chi connectivity index (χ0v) is 20.0. The molecular weight excluding hydrogens is 612 g/mol. The number of carboxylic acids is 1. The summed E-state index contributed by atoms with van der Waals surface area (Å²) < 4.78 is 7.72. The van der Waals surface area contributed by atoms with E-state index in [2.05, 4.69) is 45.2 Å². The van der Waals surface area contributed by atoms with Crippen LogP contribution >= 0.6 is 45.2 Å². The van der Waals surface area contributed by atoms with Crippen LogP contribution in [-0.2, 0) is 17.6 Å². The van der Waals surface area contributed by atoms with Crippen molar-refractivity contribution in [1.29, 1.82) is 0 Å². The standard InChI is InChI=1S/C22H19I2NO5/c23-16-7-12(9-18(25)22(28)29)8-17(24)21(16)30-15-5-6-20(27)14(11-15)10-13-3-1-2-4-19(13)26/h1-8,11,18,26-27H,9-10,25H2,(H,28,29)/t18-/m1/s1. The van der Waals surface area contributed by atoms with Crippen LogP contribution < -0.4 is 10.5 Å². The molecule has 0 aliphatic heterocycles. The molecule has 0 saturated heterocycles. The van der Waals surface area contributed by atoms with Gasteiger partial charge in [0.2, 0.25) is 0 Å². The number of phenols is 2. The molecule has 3 rings (SSSR count). The quantitative estimate of drug-likeness (QED) is 0.283. The normalized spacial score (nSPS) is 11.8. The smallest absolute Gasteiger partial charge is 0.320 e. The molecule has 0 unspecified atom stereocenters. The molecule has 3 aromatic carbocycles. The lowest BCUT2D eigenvalue weighted by Crippen LogP contribution is -2.32. The number of ether oxygens (including phenoxy) is 1. The van der Waals surface area contributed by atoms with E-state index < -0.39 is 12.0 Å². The Morgan fingerprint density at radius 2 is 1.60 bits per heavy atom. The molecule has 0 saturated carbocycles. The van der Waals surface area contributed by atoms with Crippen molar-refractivity contribution in [2.45, 2.75) is 18.9 Å². The van der Waals surface area contributed by atoms with Gasteiger partial charge in [0.15, 0.2) is 5.75 Å².